The Hall–Kier alpha value is -2.21. The van der Waals surface area contributed by atoms with Crippen molar-refractivity contribution >= 4 is 11.3 Å². The number of rotatable bonds is 4. The lowest BCUT2D eigenvalue weighted by Gasteiger charge is -2.08. The summed E-state index contributed by atoms with van der Waals surface area (Å²) in [5.74, 6) is -1.76. The predicted octanol–water partition coefficient (Wildman–Crippen LogP) is 7.33. The average molecular weight is 382 g/mol. The second-order valence-corrected chi connectivity index (χ2v) is 7.01. The molecule has 0 fully saturated rings. The Kier molecular flexibility index (Phi) is 5.14. The molecule has 0 amide bonds. The largest absolute Gasteiger partial charge is 0.425 e. The molecular weight excluding hydrogens is 367 g/mol. The molecule has 2 aromatic carbocycles. The second kappa shape index (κ2) is 7.19. The van der Waals surface area contributed by atoms with Gasteiger partial charge in [0.25, 0.3) is 0 Å². The van der Waals surface area contributed by atoms with E-state index in [1.54, 1.807) is 12.1 Å². The third-order valence-electron chi connectivity index (χ3n) is 4.00. The Bertz CT molecular complexity index is 884. The van der Waals surface area contributed by atoms with Gasteiger partial charge < -0.3 is 0 Å². The van der Waals surface area contributed by atoms with E-state index in [2.05, 4.69) is 6.92 Å². The SMILES string of the molecule is CCCc1ccc(-c2cc(F)c(-c3ccc(C(F)(F)F)s3)c(F)c2)cc1. The molecule has 0 atom stereocenters. The fourth-order valence-electron chi connectivity index (χ4n) is 2.75. The zero-order valence-electron chi connectivity index (χ0n) is 13.8. The Morgan fingerprint density at radius 3 is 1.96 bits per heavy atom. The van der Waals surface area contributed by atoms with Crippen molar-refractivity contribution in [1.82, 2.24) is 0 Å². The van der Waals surface area contributed by atoms with Crippen molar-refractivity contribution < 1.29 is 22.0 Å². The van der Waals surface area contributed by atoms with Crippen LogP contribution in [0.1, 0.15) is 23.8 Å². The minimum atomic E-state index is -4.53. The van der Waals surface area contributed by atoms with Crippen LogP contribution < -0.4 is 0 Å². The van der Waals surface area contributed by atoms with Gasteiger partial charge in [0.15, 0.2) is 0 Å². The van der Waals surface area contributed by atoms with Crippen molar-refractivity contribution in [2.24, 2.45) is 0 Å². The molecule has 0 nitrogen and oxygen atoms in total. The molecule has 0 saturated heterocycles. The minimum absolute atomic E-state index is 0.0860. The summed E-state index contributed by atoms with van der Waals surface area (Å²) in [7, 11) is 0. The third-order valence-corrected chi connectivity index (χ3v) is 5.15. The molecule has 1 aromatic heterocycles. The number of alkyl halides is 3. The lowest BCUT2D eigenvalue weighted by Crippen LogP contribution is -2.00. The fourth-order valence-corrected chi connectivity index (χ4v) is 3.67. The maximum Gasteiger partial charge on any atom is 0.425 e. The van der Waals surface area contributed by atoms with Crippen LogP contribution in [0.5, 0.6) is 0 Å². The number of aryl methyl sites for hydroxylation is 1. The summed E-state index contributed by atoms with van der Waals surface area (Å²) in [6, 6.07) is 11.6. The maximum atomic E-state index is 14.5. The quantitative estimate of drug-likeness (QED) is 0.414. The highest BCUT2D eigenvalue weighted by Crippen LogP contribution is 2.40. The summed E-state index contributed by atoms with van der Waals surface area (Å²) in [5.41, 5.74) is 1.69. The molecule has 0 saturated carbocycles. The number of hydrogen-bond acceptors (Lipinski definition) is 1. The van der Waals surface area contributed by atoms with Crippen molar-refractivity contribution in [3.05, 3.63) is 70.6 Å². The smallest absolute Gasteiger partial charge is 0.206 e. The lowest BCUT2D eigenvalue weighted by atomic mass is 10.00. The first-order valence-corrected chi connectivity index (χ1v) is 8.87. The van der Waals surface area contributed by atoms with Crippen molar-refractivity contribution in [3.63, 3.8) is 0 Å². The molecule has 0 aliphatic heterocycles. The van der Waals surface area contributed by atoms with Gasteiger partial charge in [-0.25, -0.2) is 8.78 Å². The Labute approximate surface area is 151 Å². The first-order chi connectivity index (χ1) is 12.3. The fraction of sp³-hybridized carbons (Fsp3) is 0.200. The normalized spacial score (nSPS) is 11.8. The lowest BCUT2D eigenvalue weighted by molar-refractivity contribution is -0.134. The number of hydrogen-bond donors (Lipinski definition) is 0. The van der Waals surface area contributed by atoms with Gasteiger partial charge in [0, 0.05) is 4.88 Å². The van der Waals surface area contributed by atoms with Crippen molar-refractivity contribution in [3.8, 4) is 21.6 Å². The molecule has 0 unspecified atom stereocenters. The van der Waals surface area contributed by atoms with E-state index in [0.717, 1.165) is 42.7 Å². The van der Waals surface area contributed by atoms with Gasteiger partial charge in [0.1, 0.15) is 16.5 Å². The molecular formula is C20H15F5S. The molecule has 6 heteroatoms. The van der Waals surface area contributed by atoms with E-state index in [4.69, 9.17) is 0 Å². The zero-order chi connectivity index (χ0) is 18.9. The zero-order valence-corrected chi connectivity index (χ0v) is 14.6. The molecule has 0 radical (unpaired) electrons. The van der Waals surface area contributed by atoms with Crippen molar-refractivity contribution in [1.29, 1.82) is 0 Å². The van der Waals surface area contributed by atoms with Gasteiger partial charge in [-0.15, -0.1) is 11.3 Å². The Morgan fingerprint density at radius 2 is 1.46 bits per heavy atom. The van der Waals surface area contributed by atoms with Crippen LogP contribution >= 0.6 is 11.3 Å². The first-order valence-electron chi connectivity index (χ1n) is 8.05. The first kappa shape index (κ1) is 18.6. The Balaban J connectivity index is 1.97. The van der Waals surface area contributed by atoms with Gasteiger partial charge in [-0.05, 0) is 47.4 Å². The van der Waals surface area contributed by atoms with Gasteiger partial charge >= 0.3 is 6.18 Å². The van der Waals surface area contributed by atoms with Crippen molar-refractivity contribution in [2.75, 3.05) is 0 Å². The van der Waals surface area contributed by atoms with E-state index in [0.29, 0.717) is 22.5 Å². The summed E-state index contributed by atoms with van der Waals surface area (Å²) in [6.45, 7) is 2.06. The maximum absolute atomic E-state index is 14.5. The van der Waals surface area contributed by atoms with E-state index in [1.807, 2.05) is 12.1 Å². The number of benzene rings is 2. The average Bonchev–Trinajstić information content (AvgIpc) is 3.05. The van der Waals surface area contributed by atoms with Gasteiger partial charge in [0.2, 0.25) is 0 Å². The predicted molar refractivity (Wildman–Crippen MR) is 94.1 cm³/mol. The van der Waals surface area contributed by atoms with Crippen LogP contribution in [-0.2, 0) is 12.6 Å². The van der Waals surface area contributed by atoms with E-state index in [1.165, 1.54) is 0 Å². The monoisotopic (exact) mass is 382 g/mol. The number of halogens is 5. The molecule has 136 valence electrons. The summed E-state index contributed by atoms with van der Waals surface area (Å²) in [5, 5.41) is 0. The summed E-state index contributed by atoms with van der Waals surface area (Å²) < 4.78 is 67.1. The van der Waals surface area contributed by atoms with E-state index in [-0.39, 0.29) is 4.88 Å². The summed E-state index contributed by atoms with van der Waals surface area (Å²) in [6.07, 6.45) is -2.62. The number of thiophene rings is 1. The highest BCUT2D eigenvalue weighted by molar-refractivity contribution is 7.15. The highest BCUT2D eigenvalue weighted by Gasteiger charge is 2.33. The second-order valence-electron chi connectivity index (χ2n) is 5.92. The van der Waals surface area contributed by atoms with E-state index in [9.17, 15) is 22.0 Å². The van der Waals surface area contributed by atoms with Crippen LogP contribution in [0.4, 0.5) is 22.0 Å². The highest BCUT2D eigenvalue weighted by atomic mass is 32.1. The van der Waals surface area contributed by atoms with Crippen LogP contribution in [0.15, 0.2) is 48.5 Å². The Morgan fingerprint density at radius 1 is 0.846 bits per heavy atom. The van der Waals surface area contributed by atoms with Gasteiger partial charge in [0.05, 0.1) is 5.56 Å². The third kappa shape index (κ3) is 3.80. The molecule has 3 aromatic rings. The van der Waals surface area contributed by atoms with E-state index < -0.39 is 28.3 Å². The topological polar surface area (TPSA) is 0 Å². The van der Waals surface area contributed by atoms with Crippen LogP contribution in [0.25, 0.3) is 21.6 Å². The molecule has 0 aliphatic carbocycles. The molecule has 3 rings (SSSR count). The van der Waals surface area contributed by atoms with Crippen LogP contribution in [0.3, 0.4) is 0 Å². The molecule has 26 heavy (non-hydrogen) atoms. The van der Waals surface area contributed by atoms with Crippen LogP contribution in [0.2, 0.25) is 0 Å². The van der Waals surface area contributed by atoms with Crippen LogP contribution in [0, 0.1) is 11.6 Å². The van der Waals surface area contributed by atoms with Gasteiger partial charge in [-0.3, -0.25) is 0 Å². The molecule has 0 aliphatic rings. The van der Waals surface area contributed by atoms with Gasteiger partial charge in [-0.2, -0.15) is 13.2 Å². The molecule has 0 N–H and O–H groups in total. The molecule has 1 heterocycles. The molecule has 0 spiro atoms. The summed E-state index contributed by atoms with van der Waals surface area (Å²) in [4.78, 5) is -0.973. The van der Waals surface area contributed by atoms with E-state index >= 15 is 0 Å². The van der Waals surface area contributed by atoms with Crippen molar-refractivity contribution in [2.45, 2.75) is 25.9 Å². The minimum Gasteiger partial charge on any atom is -0.206 e. The summed E-state index contributed by atoms with van der Waals surface area (Å²) >= 11 is 0.325. The van der Waals surface area contributed by atoms with Gasteiger partial charge in [-0.1, -0.05) is 37.6 Å². The van der Waals surface area contributed by atoms with Crippen LogP contribution in [-0.4, -0.2) is 0 Å². The standard InChI is InChI=1S/C20H15F5S/c1-2-3-12-4-6-13(7-5-12)14-10-15(21)19(16(22)11-14)17-8-9-18(26-17)20(23,24)25/h4-11H,2-3H2,1H3. The molecule has 0 bridgehead atoms.